The molecule has 0 fully saturated rings. The Morgan fingerprint density at radius 3 is 2.69 bits per heavy atom. The van der Waals surface area contributed by atoms with Crippen LogP contribution in [0.25, 0.3) is 10.1 Å². The number of hydrogen-bond donors (Lipinski definition) is 1. The van der Waals surface area contributed by atoms with Crippen molar-refractivity contribution in [3.8, 4) is 0 Å². The van der Waals surface area contributed by atoms with E-state index in [0.717, 1.165) is 0 Å². The molecule has 2 rings (SSSR count). The highest BCUT2D eigenvalue weighted by atomic mass is 32.1. The first-order valence-electron chi connectivity index (χ1n) is 3.90. The number of allylic oxidation sites excluding steroid dienone is 1. The van der Waals surface area contributed by atoms with Crippen LogP contribution in [0, 0.1) is 0 Å². The Balaban J connectivity index is 0.000000184. The van der Waals surface area contributed by atoms with Crippen LogP contribution in [0.2, 0.25) is 0 Å². The minimum absolute atomic E-state index is 0.667. The maximum Gasteiger partial charge on any atom is 0.0549 e. The first kappa shape index (κ1) is 9.74. The van der Waals surface area contributed by atoms with E-state index in [2.05, 4.69) is 23.1 Å². The summed E-state index contributed by atoms with van der Waals surface area (Å²) in [5.74, 6) is 0. The number of aromatic nitrogens is 1. The molecule has 2 aromatic rings. The summed E-state index contributed by atoms with van der Waals surface area (Å²) in [6.45, 7) is 5.08. The van der Waals surface area contributed by atoms with Crippen LogP contribution in [0.15, 0.2) is 42.7 Å². The summed E-state index contributed by atoms with van der Waals surface area (Å²) >= 11 is 1.54. The van der Waals surface area contributed by atoms with Gasteiger partial charge >= 0.3 is 0 Å². The fourth-order valence-electron chi connectivity index (χ4n) is 0.810. The van der Waals surface area contributed by atoms with Crippen molar-refractivity contribution in [3.63, 3.8) is 0 Å². The predicted molar refractivity (Wildman–Crippen MR) is 58.6 cm³/mol. The van der Waals surface area contributed by atoms with E-state index in [1.807, 2.05) is 18.3 Å². The van der Waals surface area contributed by atoms with E-state index in [0.29, 0.717) is 5.70 Å². The highest BCUT2D eigenvalue weighted by Gasteiger charge is 1.89. The van der Waals surface area contributed by atoms with Crippen LogP contribution in [-0.2, 0) is 0 Å². The predicted octanol–water partition coefficient (Wildman–Crippen LogP) is 2.78. The van der Waals surface area contributed by atoms with Gasteiger partial charge in [-0.15, -0.1) is 0 Å². The van der Waals surface area contributed by atoms with E-state index in [1.165, 1.54) is 21.6 Å². The molecule has 0 aliphatic carbocycles. The molecule has 0 atom stereocenters. The summed E-state index contributed by atoms with van der Waals surface area (Å²) in [5, 5.41) is 1.24. The summed E-state index contributed by atoms with van der Waals surface area (Å²) in [7, 11) is 0. The Morgan fingerprint density at radius 2 is 2.08 bits per heavy atom. The van der Waals surface area contributed by atoms with Gasteiger partial charge in [0.2, 0.25) is 0 Å². The van der Waals surface area contributed by atoms with Crippen LogP contribution in [-0.4, -0.2) is 4.37 Å². The van der Waals surface area contributed by atoms with Gasteiger partial charge in [0.15, 0.2) is 0 Å². The number of benzene rings is 1. The topological polar surface area (TPSA) is 38.9 Å². The molecular weight excluding hydrogens is 180 g/mol. The summed E-state index contributed by atoms with van der Waals surface area (Å²) < 4.78 is 5.30. The van der Waals surface area contributed by atoms with Crippen LogP contribution in [0.4, 0.5) is 0 Å². The molecule has 0 amide bonds. The van der Waals surface area contributed by atoms with E-state index >= 15 is 0 Å². The van der Waals surface area contributed by atoms with Crippen LogP contribution in [0.3, 0.4) is 0 Å². The maximum atomic E-state index is 4.92. The van der Waals surface area contributed by atoms with Gasteiger partial charge in [0.1, 0.15) is 0 Å². The average molecular weight is 192 g/mol. The highest BCUT2D eigenvalue weighted by molar-refractivity contribution is 7.13. The number of nitrogens with zero attached hydrogens (tertiary/aromatic N) is 1. The molecule has 0 aliphatic rings. The van der Waals surface area contributed by atoms with E-state index in [9.17, 15) is 0 Å². The standard InChI is InChI=1S/C7H5NS.C3H7N/c1-2-4-7-6(3-1)5-8-9-7;1-3(2)4/h1-5H;1,4H2,2H3. The van der Waals surface area contributed by atoms with Crippen LogP contribution in [0.5, 0.6) is 0 Å². The normalized spacial score (nSPS) is 9.00. The van der Waals surface area contributed by atoms with Gasteiger partial charge < -0.3 is 5.73 Å². The van der Waals surface area contributed by atoms with Crippen LogP contribution < -0.4 is 5.73 Å². The number of nitrogens with two attached hydrogens (primary N) is 1. The highest BCUT2D eigenvalue weighted by Crippen LogP contribution is 2.15. The Labute approximate surface area is 81.9 Å². The van der Waals surface area contributed by atoms with Gasteiger partial charge in [-0.2, -0.15) is 4.37 Å². The van der Waals surface area contributed by atoms with Crippen molar-refractivity contribution in [3.05, 3.63) is 42.7 Å². The molecule has 0 aliphatic heterocycles. The first-order valence-corrected chi connectivity index (χ1v) is 4.68. The van der Waals surface area contributed by atoms with Crippen LogP contribution >= 0.6 is 11.5 Å². The minimum Gasteiger partial charge on any atom is -0.403 e. The lowest BCUT2D eigenvalue weighted by Gasteiger charge is -1.80. The van der Waals surface area contributed by atoms with E-state index in [1.54, 1.807) is 6.92 Å². The molecule has 0 saturated carbocycles. The summed E-state index contributed by atoms with van der Waals surface area (Å²) in [6, 6.07) is 8.20. The third kappa shape index (κ3) is 3.25. The van der Waals surface area contributed by atoms with Crippen molar-refractivity contribution in [2.45, 2.75) is 6.92 Å². The molecular formula is C10H12N2S. The Bertz CT molecular complexity index is 358. The summed E-state index contributed by atoms with van der Waals surface area (Å²) in [6.07, 6.45) is 1.89. The number of rotatable bonds is 0. The lowest BCUT2D eigenvalue weighted by molar-refractivity contribution is 1.34. The molecule has 0 saturated heterocycles. The SMILES string of the molecule is C=C(C)N.c1ccc2sncc2c1. The third-order valence-electron chi connectivity index (χ3n) is 1.26. The van der Waals surface area contributed by atoms with Gasteiger partial charge in [-0.3, -0.25) is 0 Å². The average Bonchev–Trinajstić information content (AvgIpc) is 2.49. The Morgan fingerprint density at radius 1 is 1.46 bits per heavy atom. The molecule has 3 heteroatoms. The fourth-order valence-corrected chi connectivity index (χ4v) is 1.46. The second kappa shape index (κ2) is 4.62. The van der Waals surface area contributed by atoms with Gasteiger partial charge in [-0.1, -0.05) is 24.8 Å². The second-order valence-electron chi connectivity index (χ2n) is 2.71. The molecule has 0 unspecified atom stereocenters. The number of fused-ring (bicyclic) bond motifs is 1. The van der Waals surface area contributed by atoms with Gasteiger partial charge in [-0.05, 0) is 30.2 Å². The largest absolute Gasteiger partial charge is 0.403 e. The molecule has 13 heavy (non-hydrogen) atoms. The lowest BCUT2D eigenvalue weighted by atomic mass is 10.3. The molecule has 0 spiro atoms. The van der Waals surface area contributed by atoms with Gasteiger partial charge in [0.05, 0.1) is 4.70 Å². The van der Waals surface area contributed by atoms with Crippen LogP contribution in [0.1, 0.15) is 6.92 Å². The van der Waals surface area contributed by atoms with Crippen molar-refractivity contribution < 1.29 is 0 Å². The van der Waals surface area contributed by atoms with E-state index in [4.69, 9.17) is 5.73 Å². The van der Waals surface area contributed by atoms with Crippen molar-refractivity contribution in [2.24, 2.45) is 5.73 Å². The van der Waals surface area contributed by atoms with E-state index in [-0.39, 0.29) is 0 Å². The van der Waals surface area contributed by atoms with Gasteiger partial charge in [0.25, 0.3) is 0 Å². The molecule has 1 aromatic carbocycles. The van der Waals surface area contributed by atoms with Gasteiger partial charge in [0, 0.05) is 11.6 Å². The molecule has 68 valence electrons. The van der Waals surface area contributed by atoms with Crippen molar-refractivity contribution in [2.75, 3.05) is 0 Å². The van der Waals surface area contributed by atoms with Crippen molar-refractivity contribution in [1.29, 1.82) is 0 Å². The summed E-state index contributed by atoms with van der Waals surface area (Å²) in [4.78, 5) is 0. The molecule has 0 radical (unpaired) electrons. The van der Waals surface area contributed by atoms with Gasteiger partial charge in [-0.25, -0.2) is 0 Å². The zero-order chi connectivity index (χ0) is 9.68. The minimum atomic E-state index is 0.667. The summed E-state index contributed by atoms with van der Waals surface area (Å²) in [5.41, 5.74) is 5.58. The lowest BCUT2D eigenvalue weighted by Crippen LogP contribution is -1.83. The molecule has 1 aromatic heterocycles. The smallest absolute Gasteiger partial charge is 0.0549 e. The third-order valence-corrected chi connectivity index (χ3v) is 2.04. The van der Waals surface area contributed by atoms with Crippen molar-refractivity contribution in [1.82, 2.24) is 4.37 Å². The molecule has 2 nitrogen and oxygen atoms in total. The Kier molecular flexibility index (Phi) is 3.46. The number of hydrogen-bond acceptors (Lipinski definition) is 3. The monoisotopic (exact) mass is 192 g/mol. The maximum absolute atomic E-state index is 4.92. The Hall–Kier alpha value is -1.35. The molecule has 2 N–H and O–H groups in total. The zero-order valence-corrected chi connectivity index (χ0v) is 8.34. The quantitative estimate of drug-likeness (QED) is 0.697. The molecule has 1 heterocycles. The first-order chi connectivity index (χ1) is 6.20. The fraction of sp³-hybridized carbons (Fsp3) is 0.100. The van der Waals surface area contributed by atoms with Crippen molar-refractivity contribution >= 4 is 21.6 Å². The molecule has 0 bridgehead atoms. The second-order valence-corrected chi connectivity index (χ2v) is 3.54. The zero-order valence-electron chi connectivity index (χ0n) is 7.53. The van der Waals surface area contributed by atoms with E-state index < -0.39 is 0 Å².